The van der Waals surface area contributed by atoms with Crippen molar-refractivity contribution in [1.82, 2.24) is 9.88 Å². The summed E-state index contributed by atoms with van der Waals surface area (Å²) in [5.74, 6) is -0.859. The summed E-state index contributed by atoms with van der Waals surface area (Å²) in [7, 11) is 0. The molecule has 1 atom stereocenters. The van der Waals surface area contributed by atoms with Gasteiger partial charge in [0.05, 0.1) is 0 Å². The van der Waals surface area contributed by atoms with Gasteiger partial charge < -0.3 is 15.0 Å². The summed E-state index contributed by atoms with van der Waals surface area (Å²) in [5, 5.41) is 10.6. The van der Waals surface area contributed by atoms with Crippen LogP contribution in [0.3, 0.4) is 0 Å². The molecule has 1 aliphatic heterocycles. The van der Waals surface area contributed by atoms with Crippen molar-refractivity contribution in [2.45, 2.75) is 38.8 Å². The number of H-pyrrole nitrogens is 1. The van der Waals surface area contributed by atoms with Crippen molar-refractivity contribution in [3.8, 4) is 0 Å². The molecular weight excluding hydrogens is 340 g/mol. The van der Waals surface area contributed by atoms with Crippen LogP contribution in [0.5, 0.6) is 0 Å². The summed E-state index contributed by atoms with van der Waals surface area (Å²) >= 11 is 0. The first-order valence-corrected chi connectivity index (χ1v) is 9.17. The van der Waals surface area contributed by atoms with Gasteiger partial charge >= 0.3 is 5.97 Å². The molecule has 2 heterocycles. The number of carbonyl (C=O) groups excluding carboxylic acids is 1. The van der Waals surface area contributed by atoms with Crippen LogP contribution in [0.15, 0.2) is 48.5 Å². The zero-order valence-electron chi connectivity index (χ0n) is 15.4. The smallest absolute Gasteiger partial charge is 0.326 e. The van der Waals surface area contributed by atoms with Crippen LogP contribution >= 0.6 is 0 Å². The zero-order valence-corrected chi connectivity index (χ0v) is 15.4. The lowest BCUT2D eigenvalue weighted by Crippen LogP contribution is -2.48. The highest BCUT2D eigenvalue weighted by atomic mass is 16.4. The van der Waals surface area contributed by atoms with E-state index in [0.717, 1.165) is 22.0 Å². The fourth-order valence-electron chi connectivity index (χ4n) is 3.73. The summed E-state index contributed by atoms with van der Waals surface area (Å²) in [5.41, 5.74) is 4.51. The first kappa shape index (κ1) is 17.3. The molecule has 27 heavy (non-hydrogen) atoms. The van der Waals surface area contributed by atoms with E-state index >= 15 is 0 Å². The number of nitrogens with zero attached hydrogens (tertiary/aromatic N) is 1. The number of aliphatic carboxylic acids is 1. The standard InChI is InChI=1S/C22H22N2O3/c1-13(2)14-7-8-16-10-19(23-18(16)9-14)21(25)24-12-17-6-4-3-5-15(17)11-20(24)22(26)27/h3-10,13,20,23H,11-12H2,1-2H3,(H,26,27)/t20-/m0/s1. The van der Waals surface area contributed by atoms with Gasteiger partial charge in [0.1, 0.15) is 11.7 Å². The minimum atomic E-state index is -0.976. The molecule has 2 N–H and O–H groups in total. The van der Waals surface area contributed by atoms with Gasteiger partial charge in [-0.2, -0.15) is 0 Å². The lowest BCUT2D eigenvalue weighted by molar-refractivity contribution is -0.142. The largest absolute Gasteiger partial charge is 0.480 e. The van der Waals surface area contributed by atoms with Crippen LogP contribution in [0.25, 0.3) is 10.9 Å². The molecule has 0 saturated carbocycles. The number of fused-ring (bicyclic) bond motifs is 2. The van der Waals surface area contributed by atoms with Gasteiger partial charge in [0.15, 0.2) is 0 Å². The molecule has 5 nitrogen and oxygen atoms in total. The lowest BCUT2D eigenvalue weighted by Gasteiger charge is -2.34. The van der Waals surface area contributed by atoms with Crippen LogP contribution in [0.1, 0.15) is 46.9 Å². The Bertz CT molecular complexity index is 1030. The fraction of sp³-hybridized carbons (Fsp3) is 0.273. The number of benzene rings is 2. The normalized spacial score (nSPS) is 16.6. The SMILES string of the molecule is CC(C)c1ccc2cc(C(=O)N3Cc4ccccc4C[C@H]3C(=O)O)[nH]c2c1. The Labute approximate surface area is 157 Å². The van der Waals surface area contributed by atoms with E-state index in [9.17, 15) is 14.7 Å². The molecule has 2 aromatic carbocycles. The predicted molar refractivity (Wildman–Crippen MR) is 104 cm³/mol. The molecular formula is C22H22N2O3. The maximum atomic E-state index is 13.1. The van der Waals surface area contributed by atoms with Crippen LogP contribution in [0, 0.1) is 0 Å². The highest BCUT2D eigenvalue weighted by molar-refractivity contribution is 6.00. The summed E-state index contributed by atoms with van der Waals surface area (Å²) < 4.78 is 0. The zero-order chi connectivity index (χ0) is 19.1. The van der Waals surface area contributed by atoms with Crippen molar-refractivity contribution < 1.29 is 14.7 Å². The van der Waals surface area contributed by atoms with Gasteiger partial charge in [0.25, 0.3) is 5.91 Å². The van der Waals surface area contributed by atoms with Crippen molar-refractivity contribution in [1.29, 1.82) is 0 Å². The Morgan fingerprint density at radius 1 is 1.11 bits per heavy atom. The van der Waals surface area contributed by atoms with Gasteiger partial charge in [0.2, 0.25) is 0 Å². The van der Waals surface area contributed by atoms with E-state index in [1.54, 1.807) is 6.07 Å². The number of aromatic amines is 1. The second-order valence-corrected chi connectivity index (χ2v) is 7.44. The molecule has 5 heteroatoms. The summed E-state index contributed by atoms with van der Waals surface area (Å²) in [6, 6.07) is 14.8. The van der Waals surface area contributed by atoms with E-state index < -0.39 is 12.0 Å². The molecule has 0 radical (unpaired) electrons. The molecule has 0 unspecified atom stereocenters. The Hall–Kier alpha value is -3.08. The molecule has 0 aliphatic carbocycles. The van der Waals surface area contributed by atoms with E-state index in [2.05, 4.69) is 31.0 Å². The number of carbonyl (C=O) groups is 2. The third-order valence-corrected chi connectivity index (χ3v) is 5.34. The van der Waals surface area contributed by atoms with Crippen LogP contribution in [0.4, 0.5) is 0 Å². The van der Waals surface area contributed by atoms with Crippen molar-refractivity contribution >= 4 is 22.8 Å². The average molecular weight is 362 g/mol. The lowest BCUT2D eigenvalue weighted by atomic mass is 9.93. The van der Waals surface area contributed by atoms with Crippen LogP contribution < -0.4 is 0 Å². The van der Waals surface area contributed by atoms with E-state index in [1.165, 1.54) is 10.5 Å². The molecule has 0 saturated heterocycles. The van der Waals surface area contributed by atoms with Crippen LogP contribution in [-0.2, 0) is 17.8 Å². The van der Waals surface area contributed by atoms with Crippen molar-refractivity contribution in [2.75, 3.05) is 0 Å². The van der Waals surface area contributed by atoms with Crippen molar-refractivity contribution in [3.63, 3.8) is 0 Å². The first-order valence-electron chi connectivity index (χ1n) is 9.17. The van der Waals surface area contributed by atoms with E-state index in [4.69, 9.17) is 0 Å². The summed E-state index contributed by atoms with van der Waals surface area (Å²) in [6.07, 6.45) is 0.328. The Balaban J connectivity index is 1.70. The number of amides is 1. The topological polar surface area (TPSA) is 73.4 Å². The monoisotopic (exact) mass is 362 g/mol. The second-order valence-electron chi connectivity index (χ2n) is 7.44. The van der Waals surface area contributed by atoms with Gasteiger partial charge in [-0.25, -0.2) is 4.79 Å². The fourth-order valence-corrected chi connectivity index (χ4v) is 3.73. The number of aromatic nitrogens is 1. The molecule has 3 aromatic rings. The second kappa shape index (κ2) is 6.58. The summed E-state index contributed by atoms with van der Waals surface area (Å²) in [4.78, 5) is 29.6. The molecule has 0 spiro atoms. The number of rotatable bonds is 3. The minimum absolute atomic E-state index is 0.279. The minimum Gasteiger partial charge on any atom is -0.480 e. The van der Waals surface area contributed by atoms with E-state index in [-0.39, 0.29) is 5.91 Å². The molecule has 1 aliphatic rings. The van der Waals surface area contributed by atoms with Gasteiger partial charge in [-0.3, -0.25) is 4.79 Å². The highest BCUT2D eigenvalue weighted by Gasteiger charge is 2.35. The number of hydrogen-bond donors (Lipinski definition) is 2. The van der Waals surface area contributed by atoms with E-state index in [0.29, 0.717) is 24.6 Å². The molecule has 4 rings (SSSR count). The van der Waals surface area contributed by atoms with Gasteiger partial charge in [-0.15, -0.1) is 0 Å². The number of nitrogens with one attached hydrogen (secondary N) is 1. The average Bonchev–Trinajstić information content (AvgIpc) is 3.09. The van der Waals surface area contributed by atoms with Gasteiger partial charge in [0, 0.05) is 23.9 Å². The molecule has 0 bridgehead atoms. The molecule has 1 aromatic heterocycles. The Morgan fingerprint density at radius 3 is 2.56 bits per heavy atom. The predicted octanol–water partition coefficient (Wildman–Crippen LogP) is 3.94. The van der Waals surface area contributed by atoms with E-state index in [1.807, 2.05) is 30.3 Å². The molecule has 1 amide bonds. The maximum absolute atomic E-state index is 13.1. The van der Waals surface area contributed by atoms with Crippen LogP contribution in [-0.4, -0.2) is 32.9 Å². The number of carboxylic acid groups (broad SMARTS) is 1. The Kier molecular flexibility index (Phi) is 4.22. The van der Waals surface area contributed by atoms with Crippen molar-refractivity contribution in [3.05, 3.63) is 70.9 Å². The number of carboxylic acids is 1. The molecule has 138 valence electrons. The third kappa shape index (κ3) is 3.10. The molecule has 0 fully saturated rings. The third-order valence-electron chi connectivity index (χ3n) is 5.34. The van der Waals surface area contributed by atoms with Gasteiger partial charge in [-0.1, -0.05) is 50.2 Å². The first-order chi connectivity index (χ1) is 12.9. The number of hydrogen-bond acceptors (Lipinski definition) is 2. The van der Waals surface area contributed by atoms with Gasteiger partial charge in [-0.05, 0) is 34.7 Å². The Morgan fingerprint density at radius 2 is 1.85 bits per heavy atom. The quantitative estimate of drug-likeness (QED) is 0.741. The van der Waals surface area contributed by atoms with Crippen molar-refractivity contribution in [2.24, 2.45) is 0 Å². The maximum Gasteiger partial charge on any atom is 0.326 e. The highest BCUT2D eigenvalue weighted by Crippen LogP contribution is 2.27. The summed E-state index contributed by atoms with van der Waals surface area (Å²) in [6.45, 7) is 4.55. The van der Waals surface area contributed by atoms with Crippen LogP contribution in [0.2, 0.25) is 0 Å².